The van der Waals surface area contributed by atoms with E-state index in [1.165, 1.54) is 12.1 Å². The van der Waals surface area contributed by atoms with Crippen molar-refractivity contribution in [3.05, 3.63) is 29.3 Å². The number of nitrogens with one attached hydrogen (secondary N) is 1. The van der Waals surface area contributed by atoms with Crippen LogP contribution in [0.2, 0.25) is 0 Å². The van der Waals surface area contributed by atoms with Gasteiger partial charge in [-0.25, -0.2) is 0 Å². The van der Waals surface area contributed by atoms with Crippen LogP contribution in [0.5, 0.6) is 5.75 Å². The first-order valence-electron chi connectivity index (χ1n) is 10.4. The molecule has 4 rings (SSSR count). The number of rotatable bonds is 4. The molecule has 1 aromatic carbocycles. The van der Waals surface area contributed by atoms with Gasteiger partial charge in [0, 0.05) is 44.3 Å². The van der Waals surface area contributed by atoms with Gasteiger partial charge in [0.15, 0.2) is 0 Å². The van der Waals surface area contributed by atoms with Crippen LogP contribution in [0.15, 0.2) is 18.2 Å². The number of hydrogen-bond acceptors (Lipinski definition) is 4. The Bertz CT molecular complexity index is 734. The van der Waals surface area contributed by atoms with Crippen LogP contribution in [-0.4, -0.2) is 49.0 Å². The third-order valence-corrected chi connectivity index (χ3v) is 6.21. The monoisotopic (exact) mass is 412 g/mol. The van der Waals surface area contributed by atoms with Crippen molar-refractivity contribution in [1.82, 2.24) is 10.2 Å². The standard InChI is InChI=1S/C21H27F3N2O3/c22-21(23,24)29-19-4-2-14-5-8-26(13-16(14)12-19)20(27)15-1-3-18(11-15)25-17-6-9-28-10-7-17/h2,4,12,15,17-18,25H,1,3,5-11,13H2/t15-,18?/m0/s1. The lowest BCUT2D eigenvalue weighted by atomic mass is 9.97. The van der Waals surface area contributed by atoms with Crippen LogP contribution >= 0.6 is 0 Å². The summed E-state index contributed by atoms with van der Waals surface area (Å²) in [5.74, 6) is -0.121. The quantitative estimate of drug-likeness (QED) is 0.824. The lowest BCUT2D eigenvalue weighted by Gasteiger charge is -2.31. The van der Waals surface area contributed by atoms with Crippen LogP contribution in [0.4, 0.5) is 13.2 Å². The van der Waals surface area contributed by atoms with Crippen molar-refractivity contribution in [3.63, 3.8) is 0 Å². The summed E-state index contributed by atoms with van der Waals surface area (Å²) in [6.07, 6.45) is 0.651. The Morgan fingerprint density at radius 3 is 2.66 bits per heavy atom. The van der Waals surface area contributed by atoms with Gasteiger partial charge in [0.25, 0.3) is 0 Å². The molecule has 1 amide bonds. The molecule has 1 N–H and O–H groups in total. The minimum Gasteiger partial charge on any atom is -0.406 e. The summed E-state index contributed by atoms with van der Waals surface area (Å²) >= 11 is 0. The highest BCUT2D eigenvalue weighted by molar-refractivity contribution is 5.79. The fraction of sp³-hybridized carbons (Fsp3) is 0.667. The minimum atomic E-state index is -4.71. The molecular formula is C21H27F3N2O3. The van der Waals surface area contributed by atoms with Gasteiger partial charge in [-0.1, -0.05) is 6.07 Å². The molecule has 29 heavy (non-hydrogen) atoms. The zero-order valence-corrected chi connectivity index (χ0v) is 16.3. The van der Waals surface area contributed by atoms with E-state index in [4.69, 9.17) is 4.74 Å². The van der Waals surface area contributed by atoms with Gasteiger partial charge in [-0.2, -0.15) is 0 Å². The number of hydrogen-bond donors (Lipinski definition) is 1. The summed E-state index contributed by atoms with van der Waals surface area (Å²) in [7, 11) is 0. The number of halogens is 3. The Hall–Kier alpha value is -1.80. The van der Waals surface area contributed by atoms with Gasteiger partial charge >= 0.3 is 6.36 Å². The highest BCUT2D eigenvalue weighted by Gasteiger charge is 2.35. The van der Waals surface area contributed by atoms with Gasteiger partial charge < -0.3 is 19.7 Å². The first kappa shape index (κ1) is 20.5. The van der Waals surface area contributed by atoms with E-state index in [1.54, 1.807) is 11.0 Å². The van der Waals surface area contributed by atoms with E-state index in [9.17, 15) is 18.0 Å². The van der Waals surface area contributed by atoms with E-state index in [1.807, 2.05) is 0 Å². The second-order valence-corrected chi connectivity index (χ2v) is 8.25. The second-order valence-electron chi connectivity index (χ2n) is 8.25. The van der Waals surface area contributed by atoms with Crippen molar-refractivity contribution in [2.24, 2.45) is 5.92 Å². The van der Waals surface area contributed by atoms with Gasteiger partial charge in [-0.3, -0.25) is 4.79 Å². The molecule has 0 radical (unpaired) electrons. The number of alkyl halides is 3. The van der Waals surface area contributed by atoms with Crippen LogP contribution in [-0.2, 0) is 22.5 Å². The highest BCUT2D eigenvalue weighted by atomic mass is 19.4. The van der Waals surface area contributed by atoms with E-state index in [-0.39, 0.29) is 17.6 Å². The van der Waals surface area contributed by atoms with Crippen molar-refractivity contribution < 1.29 is 27.4 Å². The van der Waals surface area contributed by atoms with Crippen LogP contribution in [0, 0.1) is 5.92 Å². The number of benzene rings is 1. The first-order valence-corrected chi connectivity index (χ1v) is 10.4. The Morgan fingerprint density at radius 1 is 1.10 bits per heavy atom. The number of fused-ring (bicyclic) bond motifs is 1. The normalized spacial score (nSPS) is 25.7. The minimum absolute atomic E-state index is 0.0106. The molecule has 0 spiro atoms. The van der Waals surface area contributed by atoms with E-state index < -0.39 is 6.36 Å². The largest absolute Gasteiger partial charge is 0.573 e. The third kappa shape index (κ3) is 5.22. The molecule has 0 bridgehead atoms. The molecule has 2 atom stereocenters. The van der Waals surface area contributed by atoms with E-state index in [0.29, 0.717) is 31.6 Å². The van der Waals surface area contributed by atoms with Gasteiger partial charge in [-0.15, -0.1) is 13.2 Å². The maximum Gasteiger partial charge on any atom is 0.573 e. The molecule has 2 aliphatic heterocycles. The van der Waals surface area contributed by atoms with Crippen LogP contribution in [0.1, 0.15) is 43.2 Å². The predicted octanol–water partition coefficient (Wildman–Crippen LogP) is 3.41. The average molecular weight is 412 g/mol. The molecular weight excluding hydrogens is 385 g/mol. The molecule has 1 saturated heterocycles. The second kappa shape index (κ2) is 8.52. The van der Waals surface area contributed by atoms with Crippen LogP contribution < -0.4 is 10.1 Å². The lowest BCUT2D eigenvalue weighted by molar-refractivity contribution is -0.274. The summed E-state index contributed by atoms with van der Waals surface area (Å²) in [5.41, 5.74) is 1.72. The van der Waals surface area contributed by atoms with Gasteiger partial charge in [-0.05, 0) is 61.8 Å². The molecule has 2 heterocycles. The lowest BCUT2D eigenvalue weighted by Crippen LogP contribution is -2.42. The number of ether oxygens (including phenoxy) is 2. The Morgan fingerprint density at radius 2 is 1.90 bits per heavy atom. The number of carbonyl (C=O) groups excluding carboxylic acids is 1. The highest BCUT2D eigenvalue weighted by Crippen LogP contribution is 2.32. The Kier molecular flexibility index (Phi) is 6.01. The van der Waals surface area contributed by atoms with Crippen LogP contribution in [0.25, 0.3) is 0 Å². The molecule has 1 aliphatic carbocycles. The zero-order valence-electron chi connectivity index (χ0n) is 16.3. The molecule has 0 aromatic heterocycles. The molecule has 3 aliphatic rings. The van der Waals surface area contributed by atoms with Crippen molar-refractivity contribution in [1.29, 1.82) is 0 Å². The third-order valence-electron chi connectivity index (χ3n) is 6.21. The summed E-state index contributed by atoms with van der Waals surface area (Å²) in [6, 6.07) is 5.24. The van der Waals surface area contributed by atoms with Crippen molar-refractivity contribution in [2.75, 3.05) is 19.8 Å². The fourth-order valence-corrected chi connectivity index (χ4v) is 4.73. The van der Waals surface area contributed by atoms with Crippen molar-refractivity contribution in [2.45, 2.75) is 63.5 Å². The van der Waals surface area contributed by atoms with Gasteiger partial charge in [0.1, 0.15) is 5.75 Å². The van der Waals surface area contributed by atoms with E-state index in [2.05, 4.69) is 10.1 Å². The maximum atomic E-state index is 13.0. The molecule has 8 heteroatoms. The Balaban J connectivity index is 1.34. The summed E-state index contributed by atoms with van der Waals surface area (Å²) in [5, 5.41) is 3.68. The molecule has 160 valence electrons. The SMILES string of the molecule is O=C([C@H]1CCC(NC2CCOCC2)C1)N1CCc2ccc(OC(F)(F)F)cc2C1. The van der Waals surface area contributed by atoms with Gasteiger partial charge in [0.05, 0.1) is 0 Å². The maximum absolute atomic E-state index is 13.0. The Labute approximate surface area is 168 Å². The van der Waals surface area contributed by atoms with Crippen LogP contribution in [0.3, 0.4) is 0 Å². The van der Waals surface area contributed by atoms with Gasteiger partial charge in [0.2, 0.25) is 5.91 Å². The van der Waals surface area contributed by atoms with Crippen molar-refractivity contribution >= 4 is 5.91 Å². The summed E-state index contributed by atoms with van der Waals surface area (Å²) in [4.78, 5) is 14.8. The summed E-state index contributed by atoms with van der Waals surface area (Å²) < 4.78 is 46.9. The number of amides is 1. The zero-order chi connectivity index (χ0) is 20.4. The average Bonchev–Trinajstić information content (AvgIpc) is 3.15. The molecule has 5 nitrogen and oxygen atoms in total. The topological polar surface area (TPSA) is 50.8 Å². The van der Waals surface area contributed by atoms with E-state index >= 15 is 0 Å². The first-order chi connectivity index (χ1) is 13.9. The predicted molar refractivity (Wildman–Crippen MR) is 100 cm³/mol. The molecule has 2 fully saturated rings. The fourth-order valence-electron chi connectivity index (χ4n) is 4.73. The smallest absolute Gasteiger partial charge is 0.406 e. The van der Waals surface area contributed by atoms with E-state index in [0.717, 1.165) is 56.4 Å². The molecule has 1 unspecified atom stereocenters. The summed E-state index contributed by atoms with van der Waals surface area (Å²) in [6.45, 7) is 2.54. The molecule has 1 saturated carbocycles. The number of nitrogens with zero attached hydrogens (tertiary/aromatic N) is 1. The molecule has 1 aromatic rings. The number of carbonyl (C=O) groups is 1. The van der Waals surface area contributed by atoms with Crippen molar-refractivity contribution in [3.8, 4) is 5.75 Å².